The molecule has 0 aliphatic carbocycles. The molecule has 0 spiro atoms. The summed E-state index contributed by atoms with van der Waals surface area (Å²) in [6.45, 7) is 2.92. The molecule has 0 aromatic heterocycles. The highest BCUT2D eigenvalue weighted by atomic mass is 16.5. The molecule has 1 rings (SSSR count). The SMILES string of the molecule is COc1cc(C)cc(OC)c1OCC=CCN. The third kappa shape index (κ3) is 3.67. The normalized spacial score (nSPS) is 10.6. The first-order valence-corrected chi connectivity index (χ1v) is 5.43. The molecule has 4 nitrogen and oxygen atoms in total. The summed E-state index contributed by atoms with van der Waals surface area (Å²) < 4.78 is 16.2. The smallest absolute Gasteiger partial charge is 0.203 e. The molecule has 17 heavy (non-hydrogen) atoms. The van der Waals surface area contributed by atoms with E-state index in [1.165, 1.54) is 0 Å². The van der Waals surface area contributed by atoms with Gasteiger partial charge in [-0.05, 0) is 24.6 Å². The molecule has 0 bridgehead atoms. The molecular formula is C13H19NO3. The van der Waals surface area contributed by atoms with Crippen LogP contribution in [0.15, 0.2) is 24.3 Å². The van der Waals surface area contributed by atoms with Gasteiger partial charge in [-0.15, -0.1) is 0 Å². The summed E-state index contributed by atoms with van der Waals surface area (Å²) in [7, 11) is 3.22. The largest absolute Gasteiger partial charge is 0.493 e. The second-order valence-electron chi connectivity index (χ2n) is 3.52. The molecule has 0 aliphatic rings. The number of ether oxygens (including phenoxy) is 3. The van der Waals surface area contributed by atoms with Gasteiger partial charge in [-0.25, -0.2) is 0 Å². The second-order valence-corrected chi connectivity index (χ2v) is 3.52. The van der Waals surface area contributed by atoms with Crippen LogP contribution in [0.1, 0.15) is 5.56 Å². The molecule has 94 valence electrons. The van der Waals surface area contributed by atoms with Crippen molar-refractivity contribution < 1.29 is 14.2 Å². The highest BCUT2D eigenvalue weighted by Crippen LogP contribution is 2.38. The van der Waals surface area contributed by atoms with Crippen LogP contribution in [0.2, 0.25) is 0 Å². The highest BCUT2D eigenvalue weighted by molar-refractivity contribution is 5.53. The molecule has 0 fully saturated rings. The number of aryl methyl sites for hydroxylation is 1. The Morgan fingerprint density at radius 3 is 2.18 bits per heavy atom. The Balaban J connectivity index is 2.90. The van der Waals surface area contributed by atoms with E-state index in [1.807, 2.05) is 31.2 Å². The van der Waals surface area contributed by atoms with Crippen molar-refractivity contribution in [2.45, 2.75) is 6.92 Å². The molecule has 0 atom stereocenters. The molecule has 1 aromatic carbocycles. The van der Waals surface area contributed by atoms with Crippen LogP contribution in [0, 0.1) is 6.92 Å². The number of hydrogen-bond acceptors (Lipinski definition) is 4. The zero-order valence-electron chi connectivity index (χ0n) is 10.5. The van der Waals surface area contributed by atoms with Crippen LogP contribution in [0.25, 0.3) is 0 Å². The lowest BCUT2D eigenvalue weighted by Crippen LogP contribution is -2.01. The van der Waals surface area contributed by atoms with E-state index in [0.29, 0.717) is 30.4 Å². The van der Waals surface area contributed by atoms with Crippen LogP contribution in [0.5, 0.6) is 17.2 Å². The Kier molecular flexibility index (Phi) is 5.36. The minimum atomic E-state index is 0.437. The van der Waals surface area contributed by atoms with Gasteiger partial charge in [0.15, 0.2) is 11.5 Å². The number of benzene rings is 1. The van der Waals surface area contributed by atoms with Crippen molar-refractivity contribution in [1.82, 2.24) is 0 Å². The maximum Gasteiger partial charge on any atom is 0.203 e. The van der Waals surface area contributed by atoms with Gasteiger partial charge in [0.25, 0.3) is 0 Å². The van der Waals surface area contributed by atoms with Gasteiger partial charge < -0.3 is 19.9 Å². The van der Waals surface area contributed by atoms with Crippen LogP contribution in [-0.4, -0.2) is 27.4 Å². The predicted octanol–water partition coefficient (Wildman–Crippen LogP) is 1.91. The topological polar surface area (TPSA) is 53.7 Å². The third-order valence-corrected chi connectivity index (χ3v) is 2.23. The molecule has 0 saturated carbocycles. The number of methoxy groups -OCH3 is 2. The van der Waals surface area contributed by atoms with E-state index >= 15 is 0 Å². The predicted molar refractivity (Wildman–Crippen MR) is 68.0 cm³/mol. The summed E-state index contributed by atoms with van der Waals surface area (Å²) in [5, 5.41) is 0. The second kappa shape index (κ2) is 6.81. The molecule has 2 N–H and O–H groups in total. The summed E-state index contributed by atoms with van der Waals surface area (Å²) in [4.78, 5) is 0. The Bertz CT molecular complexity index is 363. The molecule has 4 heteroatoms. The molecule has 0 amide bonds. The zero-order valence-corrected chi connectivity index (χ0v) is 10.5. The van der Waals surface area contributed by atoms with Gasteiger partial charge in [0.1, 0.15) is 6.61 Å². The van der Waals surface area contributed by atoms with E-state index < -0.39 is 0 Å². The fourth-order valence-electron chi connectivity index (χ4n) is 1.45. The average Bonchev–Trinajstić information content (AvgIpc) is 2.35. The maximum atomic E-state index is 5.61. The van der Waals surface area contributed by atoms with Crippen molar-refractivity contribution in [3.05, 3.63) is 29.8 Å². The quantitative estimate of drug-likeness (QED) is 0.768. The lowest BCUT2D eigenvalue weighted by molar-refractivity contribution is 0.300. The van der Waals surface area contributed by atoms with Gasteiger partial charge in [0.2, 0.25) is 5.75 Å². The van der Waals surface area contributed by atoms with Gasteiger partial charge >= 0.3 is 0 Å². The monoisotopic (exact) mass is 237 g/mol. The molecule has 1 aromatic rings. The highest BCUT2D eigenvalue weighted by Gasteiger charge is 2.12. The Labute approximate surface area is 102 Å². The van der Waals surface area contributed by atoms with E-state index in [4.69, 9.17) is 19.9 Å². The van der Waals surface area contributed by atoms with Gasteiger partial charge in [0.05, 0.1) is 14.2 Å². The summed E-state index contributed by atoms with van der Waals surface area (Å²) >= 11 is 0. The van der Waals surface area contributed by atoms with Crippen LogP contribution >= 0.6 is 0 Å². The van der Waals surface area contributed by atoms with E-state index in [1.54, 1.807) is 14.2 Å². The number of nitrogens with two attached hydrogens (primary N) is 1. The molecule has 0 heterocycles. The maximum absolute atomic E-state index is 5.61. The Morgan fingerprint density at radius 1 is 1.12 bits per heavy atom. The van der Waals surface area contributed by atoms with Crippen LogP contribution < -0.4 is 19.9 Å². The van der Waals surface area contributed by atoms with Gasteiger partial charge in [-0.1, -0.05) is 12.2 Å². The average molecular weight is 237 g/mol. The van der Waals surface area contributed by atoms with E-state index in [-0.39, 0.29) is 0 Å². The zero-order chi connectivity index (χ0) is 12.7. The van der Waals surface area contributed by atoms with Crippen molar-refractivity contribution >= 4 is 0 Å². The lowest BCUT2D eigenvalue weighted by atomic mass is 10.2. The summed E-state index contributed by atoms with van der Waals surface area (Å²) in [5.74, 6) is 1.95. The first-order chi connectivity index (χ1) is 8.22. The van der Waals surface area contributed by atoms with Crippen molar-refractivity contribution in [1.29, 1.82) is 0 Å². The minimum absolute atomic E-state index is 0.437. The first kappa shape index (κ1) is 13.4. The standard InChI is InChI=1S/C13H19NO3/c1-10-8-11(15-2)13(12(9-10)16-3)17-7-5-4-6-14/h4-5,8-9H,6-7,14H2,1-3H3. The fraction of sp³-hybridized carbons (Fsp3) is 0.385. The van der Waals surface area contributed by atoms with Gasteiger partial charge in [0, 0.05) is 6.54 Å². The molecule has 0 aliphatic heterocycles. The van der Waals surface area contributed by atoms with Gasteiger partial charge in [-0.2, -0.15) is 0 Å². The van der Waals surface area contributed by atoms with Crippen LogP contribution in [-0.2, 0) is 0 Å². The van der Waals surface area contributed by atoms with E-state index in [9.17, 15) is 0 Å². The summed E-state index contributed by atoms with van der Waals surface area (Å²) in [6, 6.07) is 3.81. The molecule has 0 unspecified atom stereocenters. The van der Waals surface area contributed by atoms with Crippen molar-refractivity contribution in [2.75, 3.05) is 27.4 Å². The van der Waals surface area contributed by atoms with Crippen molar-refractivity contribution in [2.24, 2.45) is 5.73 Å². The third-order valence-electron chi connectivity index (χ3n) is 2.23. The van der Waals surface area contributed by atoms with Gasteiger partial charge in [-0.3, -0.25) is 0 Å². The molecule has 0 saturated heterocycles. The summed E-state index contributed by atoms with van der Waals surface area (Å²) in [5.41, 5.74) is 6.41. The number of hydrogen-bond donors (Lipinski definition) is 1. The van der Waals surface area contributed by atoms with E-state index in [2.05, 4.69) is 0 Å². The minimum Gasteiger partial charge on any atom is -0.493 e. The lowest BCUT2D eigenvalue weighted by Gasteiger charge is -2.14. The van der Waals surface area contributed by atoms with Crippen molar-refractivity contribution in [3.8, 4) is 17.2 Å². The summed E-state index contributed by atoms with van der Waals surface area (Å²) in [6.07, 6.45) is 3.70. The Morgan fingerprint density at radius 2 is 1.71 bits per heavy atom. The van der Waals surface area contributed by atoms with Crippen LogP contribution in [0.3, 0.4) is 0 Å². The number of rotatable bonds is 6. The molecular weight excluding hydrogens is 218 g/mol. The fourth-order valence-corrected chi connectivity index (χ4v) is 1.45. The van der Waals surface area contributed by atoms with E-state index in [0.717, 1.165) is 5.56 Å². The first-order valence-electron chi connectivity index (χ1n) is 5.43. The van der Waals surface area contributed by atoms with Crippen LogP contribution in [0.4, 0.5) is 0 Å². The Hall–Kier alpha value is -1.68. The molecule has 0 radical (unpaired) electrons. The van der Waals surface area contributed by atoms with Crippen molar-refractivity contribution in [3.63, 3.8) is 0 Å².